The summed E-state index contributed by atoms with van der Waals surface area (Å²) in [5.74, 6) is 0.150. The maximum atomic E-state index is 11.9. The van der Waals surface area contributed by atoms with E-state index in [-0.39, 0.29) is 11.4 Å². The highest BCUT2D eigenvalue weighted by atomic mass is 16.2. The minimum atomic E-state index is -0.468. The first-order valence-corrected chi connectivity index (χ1v) is 4.98. The van der Waals surface area contributed by atoms with Gasteiger partial charge in [-0.3, -0.25) is 10.1 Å². The van der Waals surface area contributed by atoms with Crippen LogP contribution in [0, 0.1) is 0 Å². The molecule has 0 aromatic rings. The van der Waals surface area contributed by atoms with Crippen molar-refractivity contribution in [3.05, 3.63) is 12.7 Å². The number of carbonyl (C=O) groups excluding carboxylic acids is 1. The summed E-state index contributed by atoms with van der Waals surface area (Å²) in [5.41, 5.74) is -0.495. The highest BCUT2D eigenvalue weighted by molar-refractivity contribution is 5.86. The highest BCUT2D eigenvalue weighted by Gasteiger charge is 2.42. The van der Waals surface area contributed by atoms with Crippen molar-refractivity contribution in [3.8, 4) is 0 Å². The van der Waals surface area contributed by atoms with Gasteiger partial charge in [0.25, 0.3) is 0 Å². The summed E-state index contributed by atoms with van der Waals surface area (Å²) in [6.07, 6.45) is 1.77. The van der Waals surface area contributed by atoms with Crippen molar-refractivity contribution in [1.29, 1.82) is 0 Å². The van der Waals surface area contributed by atoms with Crippen molar-refractivity contribution in [2.75, 3.05) is 13.1 Å². The summed E-state index contributed by atoms with van der Waals surface area (Å²) in [6, 6.07) is 0. The van der Waals surface area contributed by atoms with Gasteiger partial charge in [-0.2, -0.15) is 0 Å². The average Bonchev–Trinajstić information content (AvgIpc) is 1.97. The molecule has 3 nitrogen and oxygen atoms in total. The lowest BCUT2D eigenvalue weighted by atomic mass is 9.90. The normalized spacial score (nSPS) is 24.9. The molecule has 1 rings (SSSR count). The van der Waals surface area contributed by atoms with E-state index >= 15 is 0 Å². The molecule has 0 saturated carbocycles. The van der Waals surface area contributed by atoms with E-state index < -0.39 is 5.54 Å². The van der Waals surface area contributed by atoms with Crippen LogP contribution < -0.4 is 5.32 Å². The van der Waals surface area contributed by atoms with Gasteiger partial charge in [0, 0.05) is 18.6 Å². The van der Waals surface area contributed by atoms with Gasteiger partial charge in [0.15, 0.2) is 0 Å². The SMILES string of the molecule is C=CCN1CC(C)(C)NC(C)(C)C1=O. The second kappa shape index (κ2) is 3.39. The van der Waals surface area contributed by atoms with E-state index in [4.69, 9.17) is 0 Å². The zero-order valence-corrected chi connectivity index (χ0v) is 9.55. The van der Waals surface area contributed by atoms with Crippen LogP contribution in [0.15, 0.2) is 12.7 Å². The van der Waals surface area contributed by atoms with Crippen molar-refractivity contribution in [1.82, 2.24) is 10.2 Å². The summed E-state index contributed by atoms with van der Waals surface area (Å²) in [4.78, 5) is 13.8. The van der Waals surface area contributed by atoms with E-state index in [9.17, 15) is 4.79 Å². The zero-order valence-electron chi connectivity index (χ0n) is 9.55. The lowest BCUT2D eigenvalue weighted by Crippen LogP contribution is -2.69. The third kappa shape index (κ3) is 2.15. The summed E-state index contributed by atoms with van der Waals surface area (Å²) < 4.78 is 0. The molecule has 0 aromatic heterocycles. The fraction of sp³-hybridized carbons (Fsp3) is 0.727. The molecule has 80 valence electrons. The van der Waals surface area contributed by atoms with Gasteiger partial charge in [-0.15, -0.1) is 6.58 Å². The molecule has 0 aliphatic carbocycles. The number of amides is 1. The van der Waals surface area contributed by atoms with Crippen LogP contribution in [0.1, 0.15) is 27.7 Å². The van der Waals surface area contributed by atoms with E-state index in [1.54, 1.807) is 6.08 Å². The Labute approximate surface area is 86.2 Å². The van der Waals surface area contributed by atoms with E-state index in [1.165, 1.54) is 0 Å². The summed E-state index contributed by atoms with van der Waals surface area (Å²) in [5, 5.41) is 3.34. The van der Waals surface area contributed by atoms with Crippen LogP contribution in [-0.2, 0) is 4.79 Å². The fourth-order valence-corrected chi connectivity index (χ4v) is 2.19. The standard InChI is InChI=1S/C11H20N2O/c1-6-7-13-8-10(2,3)12-11(4,5)9(13)14/h6,12H,1,7-8H2,2-5H3. The number of piperazine rings is 1. The first-order valence-electron chi connectivity index (χ1n) is 4.98. The third-order valence-electron chi connectivity index (χ3n) is 2.41. The van der Waals surface area contributed by atoms with Crippen LogP contribution in [0.4, 0.5) is 0 Å². The monoisotopic (exact) mass is 196 g/mol. The molecule has 0 radical (unpaired) electrons. The molecule has 0 spiro atoms. The molecule has 1 aliphatic rings. The largest absolute Gasteiger partial charge is 0.336 e. The molecule has 0 unspecified atom stereocenters. The molecular formula is C11H20N2O. The number of nitrogens with one attached hydrogen (secondary N) is 1. The molecule has 3 heteroatoms. The van der Waals surface area contributed by atoms with Gasteiger partial charge < -0.3 is 4.90 Å². The topological polar surface area (TPSA) is 32.3 Å². The predicted octanol–water partition coefficient (Wildman–Crippen LogP) is 1.16. The van der Waals surface area contributed by atoms with E-state index in [1.807, 2.05) is 18.7 Å². The van der Waals surface area contributed by atoms with Gasteiger partial charge in [0.2, 0.25) is 5.91 Å². The Morgan fingerprint density at radius 2 is 2.07 bits per heavy atom. The molecule has 14 heavy (non-hydrogen) atoms. The molecule has 0 bridgehead atoms. The second-order valence-corrected chi connectivity index (χ2v) is 5.11. The number of rotatable bonds is 2. The van der Waals surface area contributed by atoms with Gasteiger partial charge in [-0.25, -0.2) is 0 Å². The first kappa shape index (κ1) is 11.2. The van der Waals surface area contributed by atoms with Crippen LogP contribution in [0.5, 0.6) is 0 Å². The van der Waals surface area contributed by atoms with Gasteiger partial charge in [0.1, 0.15) is 0 Å². The summed E-state index contributed by atoms with van der Waals surface area (Å²) in [6.45, 7) is 13.1. The lowest BCUT2D eigenvalue weighted by molar-refractivity contribution is -0.142. The average molecular weight is 196 g/mol. The van der Waals surface area contributed by atoms with Gasteiger partial charge >= 0.3 is 0 Å². The third-order valence-corrected chi connectivity index (χ3v) is 2.41. The van der Waals surface area contributed by atoms with Crippen LogP contribution >= 0.6 is 0 Å². The fourth-order valence-electron chi connectivity index (χ4n) is 2.19. The van der Waals surface area contributed by atoms with Crippen LogP contribution in [0.3, 0.4) is 0 Å². The van der Waals surface area contributed by atoms with E-state index in [0.717, 1.165) is 6.54 Å². The highest BCUT2D eigenvalue weighted by Crippen LogP contribution is 2.21. The van der Waals surface area contributed by atoms with E-state index in [0.29, 0.717) is 6.54 Å². The Bertz CT molecular complexity index is 256. The van der Waals surface area contributed by atoms with Crippen molar-refractivity contribution in [2.45, 2.75) is 38.8 Å². The molecule has 0 atom stereocenters. The molecule has 1 amide bonds. The number of hydrogen-bond acceptors (Lipinski definition) is 2. The molecule has 1 aliphatic heterocycles. The second-order valence-electron chi connectivity index (χ2n) is 5.11. The maximum Gasteiger partial charge on any atom is 0.242 e. The summed E-state index contributed by atoms with van der Waals surface area (Å²) in [7, 11) is 0. The van der Waals surface area contributed by atoms with E-state index in [2.05, 4.69) is 25.7 Å². The predicted molar refractivity (Wildman–Crippen MR) is 58.1 cm³/mol. The molecule has 1 saturated heterocycles. The Balaban J connectivity index is 2.87. The molecular weight excluding hydrogens is 176 g/mol. The Hall–Kier alpha value is -0.830. The molecule has 1 N–H and O–H groups in total. The Kier molecular flexibility index (Phi) is 2.72. The van der Waals surface area contributed by atoms with Crippen molar-refractivity contribution < 1.29 is 4.79 Å². The number of hydrogen-bond donors (Lipinski definition) is 1. The van der Waals surface area contributed by atoms with Crippen molar-refractivity contribution in [2.24, 2.45) is 0 Å². The van der Waals surface area contributed by atoms with Crippen molar-refractivity contribution >= 4 is 5.91 Å². The van der Waals surface area contributed by atoms with Crippen LogP contribution in [-0.4, -0.2) is 35.0 Å². The smallest absolute Gasteiger partial charge is 0.242 e. The Morgan fingerprint density at radius 3 is 2.57 bits per heavy atom. The number of nitrogens with zero attached hydrogens (tertiary/aromatic N) is 1. The molecule has 0 aromatic carbocycles. The summed E-state index contributed by atoms with van der Waals surface area (Å²) >= 11 is 0. The van der Waals surface area contributed by atoms with Gasteiger partial charge in [0.05, 0.1) is 5.54 Å². The minimum absolute atomic E-state index is 0.0274. The van der Waals surface area contributed by atoms with Gasteiger partial charge in [-0.05, 0) is 27.7 Å². The first-order chi connectivity index (χ1) is 6.28. The van der Waals surface area contributed by atoms with Crippen molar-refractivity contribution in [3.63, 3.8) is 0 Å². The maximum absolute atomic E-state index is 11.9. The van der Waals surface area contributed by atoms with Crippen LogP contribution in [0.2, 0.25) is 0 Å². The van der Waals surface area contributed by atoms with Gasteiger partial charge in [-0.1, -0.05) is 6.08 Å². The lowest BCUT2D eigenvalue weighted by Gasteiger charge is -2.47. The molecule has 1 heterocycles. The van der Waals surface area contributed by atoms with Crippen LogP contribution in [0.25, 0.3) is 0 Å². The minimum Gasteiger partial charge on any atom is -0.336 e. The molecule has 1 fully saturated rings. The quantitative estimate of drug-likeness (QED) is 0.672. The number of carbonyl (C=O) groups is 1. The zero-order chi connectivity index (χ0) is 11.0. The Morgan fingerprint density at radius 1 is 1.50 bits per heavy atom.